The van der Waals surface area contributed by atoms with Crippen LogP contribution < -0.4 is 11.5 Å². The molecule has 0 atom stereocenters. The summed E-state index contributed by atoms with van der Waals surface area (Å²) < 4.78 is 24.2. The molecule has 0 bridgehead atoms. The fraction of sp³-hybridized carbons (Fsp3) is 0.500. The van der Waals surface area contributed by atoms with Gasteiger partial charge in [0, 0.05) is 11.4 Å². The van der Waals surface area contributed by atoms with Gasteiger partial charge < -0.3 is 11.5 Å². The Kier molecular flexibility index (Phi) is 4.03. The molecule has 0 fully saturated rings. The number of unbranched alkanes of at least 4 members (excludes halogenated alkanes) is 1. The van der Waals surface area contributed by atoms with E-state index in [1.54, 1.807) is 13.8 Å². The maximum Gasteiger partial charge on any atom is 0.178 e. The summed E-state index contributed by atoms with van der Waals surface area (Å²) in [4.78, 5) is 0.270. The highest BCUT2D eigenvalue weighted by atomic mass is 32.2. The van der Waals surface area contributed by atoms with Crippen LogP contribution in [0, 0.1) is 13.8 Å². The van der Waals surface area contributed by atoms with Gasteiger partial charge in [-0.25, -0.2) is 8.42 Å². The largest absolute Gasteiger partial charge is 0.398 e. The predicted molar refractivity (Wildman–Crippen MR) is 71.7 cm³/mol. The van der Waals surface area contributed by atoms with E-state index in [2.05, 4.69) is 0 Å². The van der Waals surface area contributed by atoms with E-state index < -0.39 is 9.84 Å². The van der Waals surface area contributed by atoms with Gasteiger partial charge in [-0.2, -0.15) is 0 Å². The SMILES string of the molecule is CCCCS(=O)(=O)c1cc(N)c(C)c(N)c1C. The van der Waals surface area contributed by atoms with Gasteiger partial charge in [0.25, 0.3) is 0 Å². The van der Waals surface area contributed by atoms with Crippen molar-refractivity contribution in [3.8, 4) is 0 Å². The molecular formula is C12H20N2O2S. The van der Waals surface area contributed by atoms with Crippen molar-refractivity contribution >= 4 is 21.2 Å². The van der Waals surface area contributed by atoms with Gasteiger partial charge in [0.2, 0.25) is 0 Å². The first kappa shape index (κ1) is 13.8. The molecule has 1 aromatic rings. The minimum Gasteiger partial charge on any atom is -0.398 e. The van der Waals surface area contributed by atoms with Crippen molar-refractivity contribution < 1.29 is 8.42 Å². The van der Waals surface area contributed by atoms with Crippen LogP contribution in [0.3, 0.4) is 0 Å². The molecule has 0 aliphatic rings. The molecule has 0 spiro atoms. The number of nitrogen functional groups attached to an aromatic ring is 2. The smallest absolute Gasteiger partial charge is 0.178 e. The van der Waals surface area contributed by atoms with Gasteiger partial charge in [0.15, 0.2) is 9.84 Å². The highest BCUT2D eigenvalue weighted by Crippen LogP contribution is 2.30. The highest BCUT2D eigenvalue weighted by Gasteiger charge is 2.20. The Labute approximate surface area is 103 Å². The number of hydrogen-bond acceptors (Lipinski definition) is 4. The molecule has 0 amide bonds. The van der Waals surface area contributed by atoms with Crippen LogP contribution in [0.15, 0.2) is 11.0 Å². The van der Waals surface area contributed by atoms with E-state index in [9.17, 15) is 8.42 Å². The van der Waals surface area contributed by atoms with E-state index in [0.29, 0.717) is 23.4 Å². The monoisotopic (exact) mass is 256 g/mol. The van der Waals surface area contributed by atoms with Crippen molar-refractivity contribution in [2.45, 2.75) is 38.5 Å². The third-order valence-corrected chi connectivity index (χ3v) is 4.92. The molecule has 5 heteroatoms. The van der Waals surface area contributed by atoms with Gasteiger partial charge in [-0.3, -0.25) is 0 Å². The molecule has 4 nitrogen and oxygen atoms in total. The van der Waals surface area contributed by atoms with Gasteiger partial charge >= 0.3 is 0 Å². The van der Waals surface area contributed by atoms with Gasteiger partial charge in [0.1, 0.15) is 0 Å². The number of rotatable bonds is 4. The van der Waals surface area contributed by atoms with Crippen molar-refractivity contribution in [1.29, 1.82) is 0 Å². The molecule has 0 radical (unpaired) electrons. The van der Waals surface area contributed by atoms with Crippen molar-refractivity contribution in [2.75, 3.05) is 17.2 Å². The second-order valence-electron chi connectivity index (χ2n) is 4.30. The maximum absolute atomic E-state index is 12.1. The Bertz CT molecular complexity index is 522. The molecule has 96 valence electrons. The van der Waals surface area contributed by atoms with Crippen LogP contribution >= 0.6 is 0 Å². The lowest BCUT2D eigenvalue weighted by Crippen LogP contribution is -2.11. The second-order valence-corrected chi connectivity index (χ2v) is 6.38. The maximum atomic E-state index is 12.1. The van der Waals surface area contributed by atoms with Crippen LogP contribution in [0.5, 0.6) is 0 Å². The number of benzene rings is 1. The Morgan fingerprint density at radius 2 is 1.76 bits per heavy atom. The molecule has 1 rings (SSSR count). The quantitative estimate of drug-likeness (QED) is 0.807. The molecule has 0 heterocycles. The van der Waals surface area contributed by atoms with Crippen molar-refractivity contribution in [1.82, 2.24) is 0 Å². The van der Waals surface area contributed by atoms with E-state index in [0.717, 1.165) is 12.0 Å². The first-order valence-electron chi connectivity index (χ1n) is 5.69. The highest BCUT2D eigenvalue weighted by molar-refractivity contribution is 7.91. The summed E-state index contributed by atoms with van der Waals surface area (Å²) in [7, 11) is -3.27. The number of nitrogens with two attached hydrogens (primary N) is 2. The molecule has 17 heavy (non-hydrogen) atoms. The molecule has 1 aromatic carbocycles. The predicted octanol–water partition coefficient (Wildman–Crippen LogP) is 2.04. The summed E-state index contributed by atoms with van der Waals surface area (Å²) in [5, 5.41) is 0. The molecule has 4 N–H and O–H groups in total. The number of sulfone groups is 1. The van der Waals surface area contributed by atoms with Crippen LogP contribution in [0.1, 0.15) is 30.9 Å². The lowest BCUT2D eigenvalue weighted by atomic mass is 10.1. The molecule has 0 saturated carbocycles. The third-order valence-electron chi connectivity index (χ3n) is 3.00. The van der Waals surface area contributed by atoms with E-state index >= 15 is 0 Å². The van der Waals surface area contributed by atoms with E-state index in [-0.39, 0.29) is 10.6 Å². The van der Waals surface area contributed by atoms with E-state index in [1.165, 1.54) is 6.07 Å². The Morgan fingerprint density at radius 1 is 1.18 bits per heavy atom. The summed E-state index contributed by atoms with van der Waals surface area (Å²) in [6.07, 6.45) is 1.49. The standard InChI is InChI=1S/C12H20N2O2S/c1-4-5-6-17(15,16)11-7-10(13)8(2)12(14)9(11)3/h7H,4-6,13-14H2,1-3H3. The van der Waals surface area contributed by atoms with Gasteiger partial charge in [-0.05, 0) is 37.5 Å². The fourth-order valence-electron chi connectivity index (χ4n) is 1.69. The van der Waals surface area contributed by atoms with Gasteiger partial charge in [-0.15, -0.1) is 0 Å². The summed E-state index contributed by atoms with van der Waals surface area (Å²) in [5.74, 6) is 0.145. The van der Waals surface area contributed by atoms with E-state index in [1.807, 2.05) is 6.92 Å². The van der Waals surface area contributed by atoms with Crippen LogP contribution in [0.25, 0.3) is 0 Å². The van der Waals surface area contributed by atoms with E-state index in [4.69, 9.17) is 11.5 Å². The van der Waals surface area contributed by atoms with Crippen LogP contribution in [0.2, 0.25) is 0 Å². The molecule has 0 aliphatic heterocycles. The normalized spacial score (nSPS) is 11.7. The van der Waals surface area contributed by atoms with Crippen LogP contribution in [-0.4, -0.2) is 14.2 Å². The molecule has 0 saturated heterocycles. The molecule has 0 aromatic heterocycles. The minimum absolute atomic E-state index is 0.145. The number of hydrogen-bond donors (Lipinski definition) is 2. The van der Waals surface area contributed by atoms with Gasteiger partial charge in [-0.1, -0.05) is 13.3 Å². The minimum atomic E-state index is -3.27. The lowest BCUT2D eigenvalue weighted by Gasteiger charge is -2.13. The van der Waals surface area contributed by atoms with Crippen molar-refractivity contribution in [2.24, 2.45) is 0 Å². The first-order chi connectivity index (χ1) is 7.81. The van der Waals surface area contributed by atoms with Crippen molar-refractivity contribution in [3.05, 3.63) is 17.2 Å². The summed E-state index contributed by atoms with van der Waals surface area (Å²) in [5.41, 5.74) is 13.9. The Hall–Kier alpha value is -1.23. The molecule has 0 aliphatic carbocycles. The fourth-order valence-corrected chi connectivity index (χ4v) is 3.47. The first-order valence-corrected chi connectivity index (χ1v) is 7.34. The van der Waals surface area contributed by atoms with Gasteiger partial charge in [0.05, 0.1) is 10.6 Å². The third kappa shape index (κ3) is 2.72. The Balaban J connectivity index is 3.33. The summed E-state index contributed by atoms with van der Waals surface area (Å²) in [6.45, 7) is 5.47. The molecule has 0 unspecified atom stereocenters. The Morgan fingerprint density at radius 3 is 2.29 bits per heavy atom. The average Bonchev–Trinajstić information content (AvgIpc) is 2.28. The van der Waals surface area contributed by atoms with Crippen LogP contribution in [0.4, 0.5) is 11.4 Å². The summed E-state index contributed by atoms with van der Waals surface area (Å²) in [6, 6.07) is 1.52. The molecular weight excluding hydrogens is 236 g/mol. The average molecular weight is 256 g/mol. The van der Waals surface area contributed by atoms with Crippen LogP contribution in [-0.2, 0) is 9.84 Å². The lowest BCUT2D eigenvalue weighted by molar-refractivity contribution is 0.592. The number of anilines is 2. The zero-order valence-electron chi connectivity index (χ0n) is 10.6. The zero-order chi connectivity index (χ0) is 13.2. The van der Waals surface area contributed by atoms with Crippen molar-refractivity contribution in [3.63, 3.8) is 0 Å². The zero-order valence-corrected chi connectivity index (χ0v) is 11.4. The second kappa shape index (κ2) is 4.96. The topological polar surface area (TPSA) is 86.2 Å². The summed E-state index contributed by atoms with van der Waals surface area (Å²) >= 11 is 0.